The smallest absolute Gasteiger partial charge is 0.407 e. The molecule has 0 bridgehead atoms. The van der Waals surface area contributed by atoms with Crippen LogP contribution in [0.1, 0.15) is 25.3 Å². The Kier molecular flexibility index (Phi) is 4.65. The van der Waals surface area contributed by atoms with E-state index in [1.807, 2.05) is 24.5 Å². The highest BCUT2D eigenvalue weighted by Crippen LogP contribution is 2.34. The van der Waals surface area contributed by atoms with Gasteiger partial charge in [-0.15, -0.1) is 0 Å². The van der Waals surface area contributed by atoms with Gasteiger partial charge in [0.25, 0.3) is 0 Å². The van der Waals surface area contributed by atoms with Crippen molar-refractivity contribution in [1.82, 2.24) is 29.8 Å². The number of anilines is 1. The van der Waals surface area contributed by atoms with Crippen molar-refractivity contribution in [3.05, 3.63) is 42.5 Å². The number of carbonyl (C=O) groups is 1. The maximum absolute atomic E-state index is 11.4. The lowest BCUT2D eigenvalue weighted by Gasteiger charge is -2.34. The molecule has 0 aliphatic carbocycles. The predicted molar refractivity (Wildman–Crippen MR) is 118 cm³/mol. The molecule has 0 aromatic carbocycles. The minimum absolute atomic E-state index is 0.252. The highest BCUT2D eigenvalue weighted by molar-refractivity contribution is 5.97. The van der Waals surface area contributed by atoms with Crippen LogP contribution in [0.3, 0.4) is 0 Å². The summed E-state index contributed by atoms with van der Waals surface area (Å²) in [5.74, 6) is 1.69. The fourth-order valence-electron chi connectivity index (χ4n) is 4.14. The molecule has 1 fully saturated rings. The van der Waals surface area contributed by atoms with Crippen LogP contribution >= 0.6 is 0 Å². The van der Waals surface area contributed by atoms with Gasteiger partial charge in [-0.25, -0.2) is 19.7 Å². The molecule has 1 aliphatic rings. The van der Waals surface area contributed by atoms with Crippen LogP contribution in [-0.4, -0.2) is 67.2 Å². The Morgan fingerprint density at radius 3 is 2.68 bits per heavy atom. The van der Waals surface area contributed by atoms with Crippen molar-refractivity contribution >= 4 is 33.8 Å². The minimum Gasteiger partial charge on any atom is -0.465 e. The number of nitrogens with one attached hydrogen (secondary N) is 1. The third-order valence-corrected chi connectivity index (χ3v) is 5.79. The van der Waals surface area contributed by atoms with Gasteiger partial charge in [0.1, 0.15) is 11.5 Å². The number of rotatable bonds is 3. The van der Waals surface area contributed by atoms with Gasteiger partial charge in [-0.1, -0.05) is 13.8 Å². The summed E-state index contributed by atoms with van der Waals surface area (Å²) in [5.41, 5.74) is 3.55. The number of carboxylic acid groups (broad SMARTS) is 1. The molecule has 0 radical (unpaired) electrons. The van der Waals surface area contributed by atoms with E-state index in [-0.39, 0.29) is 5.92 Å². The van der Waals surface area contributed by atoms with Gasteiger partial charge in [0.2, 0.25) is 0 Å². The summed E-state index contributed by atoms with van der Waals surface area (Å²) in [6.45, 7) is 6.29. The number of aromatic nitrogens is 5. The highest BCUT2D eigenvalue weighted by Gasteiger charge is 2.25. The molecular weight excluding hydrogens is 394 g/mol. The number of hydrogen-bond donors (Lipinski definition) is 2. The number of amides is 1. The predicted octanol–water partition coefficient (Wildman–Crippen LogP) is 3.49. The average molecular weight is 417 g/mol. The van der Waals surface area contributed by atoms with Crippen LogP contribution in [0, 0.1) is 0 Å². The highest BCUT2D eigenvalue weighted by atomic mass is 16.4. The zero-order chi connectivity index (χ0) is 21.5. The average Bonchev–Trinajstić information content (AvgIpc) is 3.27. The van der Waals surface area contributed by atoms with Crippen molar-refractivity contribution in [3.8, 4) is 11.4 Å². The van der Waals surface area contributed by atoms with Gasteiger partial charge in [-0.2, -0.15) is 0 Å². The number of nitrogens with zero attached hydrogens (tertiary/aromatic N) is 6. The van der Waals surface area contributed by atoms with Crippen LogP contribution < -0.4 is 4.90 Å². The molecule has 158 valence electrons. The lowest BCUT2D eigenvalue weighted by Crippen LogP contribution is -2.48. The second-order valence-corrected chi connectivity index (χ2v) is 8.00. The number of fused-ring (bicyclic) bond motifs is 2. The Labute approximate surface area is 178 Å². The first-order valence-corrected chi connectivity index (χ1v) is 10.3. The molecule has 31 heavy (non-hydrogen) atoms. The molecule has 1 aliphatic heterocycles. The Bertz CT molecular complexity index is 1280. The summed E-state index contributed by atoms with van der Waals surface area (Å²) in [4.78, 5) is 36.8. The van der Waals surface area contributed by atoms with Crippen LogP contribution in [0.5, 0.6) is 0 Å². The van der Waals surface area contributed by atoms with Crippen LogP contribution in [0.15, 0.2) is 36.9 Å². The lowest BCUT2D eigenvalue weighted by atomic mass is 10.0. The van der Waals surface area contributed by atoms with Gasteiger partial charge in [0.15, 0.2) is 5.82 Å². The summed E-state index contributed by atoms with van der Waals surface area (Å²) in [5, 5.41) is 11.3. The Morgan fingerprint density at radius 2 is 1.94 bits per heavy atom. The van der Waals surface area contributed by atoms with Crippen molar-refractivity contribution in [1.29, 1.82) is 0 Å². The summed E-state index contributed by atoms with van der Waals surface area (Å²) in [7, 11) is 0. The van der Waals surface area contributed by atoms with E-state index >= 15 is 0 Å². The van der Waals surface area contributed by atoms with Crippen LogP contribution in [0.2, 0.25) is 0 Å². The topological polar surface area (TPSA) is 111 Å². The van der Waals surface area contributed by atoms with Crippen LogP contribution in [0.4, 0.5) is 10.6 Å². The Morgan fingerprint density at radius 1 is 1.13 bits per heavy atom. The van der Waals surface area contributed by atoms with Gasteiger partial charge in [0.05, 0.1) is 11.7 Å². The van der Waals surface area contributed by atoms with Crippen molar-refractivity contribution in [2.24, 2.45) is 0 Å². The Hall–Kier alpha value is -3.75. The molecule has 5 heterocycles. The van der Waals surface area contributed by atoms with Gasteiger partial charge < -0.3 is 19.9 Å². The van der Waals surface area contributed by atoms with Gasteiger partial charge in [-0.05, 0) is 23.6 Å². The number of pyridine rings is 2. The second-order valence-electron chi connectivity index (χ2n) is 8.00. The maximum Gasteiger partial charge on any atom is 0.407 e. The molecule has 0 spiro atoms. The van der Waals surface area contributed by atoms with Gasteiger partial charge in [0, 0.05) is 61.1 Å². The fourth-order valence-corrected chi connectivity index (χ4v) is 4.14. The summed E-state index contributed by atoms with van der Waals surface area (Å²) in [6, 6.07) is 3.89. The van der Waals surface area contributed by atoms with Crippen LogP contribution in [-0.2, 0) is 0 Å². The third-order valence-electron chi connectivity index (χ3n) is 5.79. The van der Waals surface area contributed by atoms with E-state index in [4.69, 9.17) is 9.97 Å². The third kappa shape index (κ3) is 3.31. The molecule has 0 atom stereocenters. The van der Waals surface area contributed by atoms with E-state index in [1.165, 1.54) is 4.90 Å². The number of aromatic amines is 1. The van der Waals surface area contributed by atoms with Crippen molar-refractivity contribution in [2.45, 2.75) is 19.8 Å². The number of piperazine rings is 1. The molecular formula is C22H23N7O2. The summed E-state index contributed by atoms with van der Waals surface area (Å²) < 4.78 is 0. The summed E-state index contributed by atoms with van der Waals surface area (Å²) in [6.07, 6.45) is 6.37. The van der Waals surface area contributed by atoms with Crippen molar-refractivity contribution < 1.29 is 9.90 Å². The molecule has 0 unspecified atom stereocenters. The first kappa shape index (κ1) is 19.2. The van der Waals surface area contributed by atoms with E-state index in [2.05, 4.69) is 33.7 Å². The lowest BCUT2D eigenvalue weighted by molar-refractivity contribution is 0.142. The monoisotopic (exact) mass is 417 g/mol. The van der Waals surface area contributed by atoms with Crippen molar-refractivity contribution in [2.75, 3.05) is 31.1 Å². The zero-order valence-electron chi connectivity index (χ0n) is 17.4. The quantitative estimate of drug-likeness (QED) is 0.525. The SMILES string of the molecule is CC(C)c1cncc2nc(-c3ccnc4[nH]ccc34)nc(N3CCN(C(=O)O)CC3)c12. The molecule has 9 nitrogen and oxygen atoms in total. The molecule has 1 saturated heterocycles. The molecule has 0 saturated carbocycles. The van der Waals surface area contributed by atoms with E-state index < -0.39 is 6.09 Å². The molecule has 1 amide bonds. The summed E-state index contributed by atoms with van der Waals surface area (Å²) >= 11 is 0. The van der Waals surface area contributed by atoms with Gasteiger partial charge in [-0.3, -0.25) is 4.98 Å². The molecule has 4 aromatic rings. The molecule has 4 aromatic heterocycles. The largest absolute Gasteiger partial charge is 0.465 e. The molecule has 2 N–H and O–H groups in total. The van der Waals surface area contributed by atoms with E-state index in [0.29, 0.717) is 32.0 Å². The zero-order valence-corrected chi connectivity index (χ0v) is 17.4. The molecule has 5 rings (SSSR count). The fraction of sp³-hybridized carbons (Fsp3) is 0.318. The van der Waals surface area contributed by atoms with Gasteiger partial charge >= 0.3 is 6.09 Å². The van der Waals surface area contributed by atoms with Crippen molar-refractivity contribution in [3.63, 3.8) is 0 Å². The first-order chi connectivity index (χ1) is 15.0. The normalized spacial score (nSPS) is 14.7. The molecule has 9 heteroatoms. The van der Waals surface area contributed by atoms with E-state index in [9.17, 15) is 9.90 Å². The number of hydrogen-bond acceptors (Lipinski definition) is 6. The number of H-pyrrole nitrogens is 1. The minimum atomic E-state index is -0.883. The van der Waals surface area contributed by atoms with Crippen LogP contribution in [0.25, 0.3) is 33.3 Å². The Balaban J connectivity index is 1.70. The maximum atomic E-state index is 11.4. The second kappa shape index (κ2) is 7.50. The first-order valence-electron chi connectivity index (χ1n) is 10.3. The standard InChI is InChI=1S/C22H23N7O2/c1-13(2)16-11-23-12-17-18(16)21(28-7-9-29(10-8-28)22(30)31)27-20(26-17)15-4-6-25-19-14(15)3-5-24-19/h3-6,11-13H,7-10H2,1-2H3,(H,24,25)(H,30,31). The van der Waals surface area contributed by atoms with E-state index in [1.54, 1.807) is 12.4 Å². The van der Waals surface area contributed by atoms with E-state index in [0.717, 1.165) is 38.9 Å².